The first-order chi connectivity index (χ1) is 6.06. The van der Waals surface area contributed by atoms with E-state index in [9.17, 15) is 8.78 Å². The smallest absolute Gasteiger partial charge is 0.249 e. The third kappa shape index (κ3) is 2.73. The van der Waals surface area contributed by atoms with Gasteiger partial charge in [-0.15, -0.1) is 0 Å². The third-order valence-corrected chi connectivity index (χ3v) is 3.48. The summed E-state index contributed by atoms with van der Waals surface area (Å²) in [5.41, 5.74) is 0.215. The Balaban J connectivity index is 3.25. The van der Waals surface area contributed by atoms with E-state index >= 15 is 0 Å². The highest BCUT2D eigenvalue weighted by molar-refractivity contribution is 14.1. The molecule has 0 aromatic carbocycles. The van der Waals surface area contributed by atoms with Crippen LogP contribution in [0.4, 0.5) is 8.78 Å². The zero-order valence-corrected chi connectivity index (χ0v) is 10.7. The van der Waals surface area contributed by atoms with Gasteiger partial charge in [0, 0.05) is 8.90 Å². The van der Waals surface area contributed by atoms with Crippen molar-refractivity contribution in [3.05, 3.63) is 26.0 Å². The minimum atomic E-state index is -2.62. The van der Waals surface area contributed by atoms with Gasteiger partial charge in [0.05, 0.1) is 10.7 Å². The van der Waals surface area contributed by atoms with Crippen molar-refractivity contribution in [1.29, 1.82) is 0 Å². The van der Waals surface area contributed by atoms with E-state index in [1.165, 1.54) is 0 Å². The summed E-state index contributed by atoms with van der Waals surface area (Å²) in [7, 11) is 0. The number of hydrogen-bond donors (Lipinski definition) is 0. The summed E-state index contributed by atoms with van der Waals surface area (Å²) in [6, 6.07) is 1.67. The number of rotatable bonds is 2. The molecule has 0 saturated heterocycles. The molecule has 72 valence electrons. The van der Waals surface area contributed by atoms with Crippen LogP contribution in [0, 0.1) is 3.57 Å². The van der Waals surface area contributed by atoms with Crippen LogP contribution in [0.15, 0.2) is 6.07 Å². The van der Waals surface area contributed by atoms with E-state index < -0.39 is 6.43 Å². The van der Waals surface area contributed by atoms with Crippen LogP contribution in [-0.2, 0) is 5.33 Å². The van der Waals surface area contributed by atoms with E-state index in [0.29, 0.717) is 14.6 Å². The van der Waals surface area contributed by atoms with Crippen LogP contribution in [-0.4, -0.2) is 4.98 Å². The highest BCUT2D eigenvalue weighted by atomic mass is 127. The Morgan fingerprint density at radius 1 is 1.62 bits per heavy atom. The fourth-order valence-electron chi connectivity index (χ4n) is 0.781. The molecule has 1 aromatic rings. The van der Waals surface area contributed by atoms with Gasteiger partial charge >= 0.3 is 0 Å². The zero-order valence-electron chi connectivity index (χ0n) is 6.20. The van der Waals surface area contributed by atoms with E-state index in [2.05, 4.69) is 20.9 Å². The molecule has 0 radical (unpaired) electrons. The number of aromatic nitrogens is 1. The van der Waals surface area contributed by atoms with Crippen LogP contribution in [0.2, 0.25) is 5.02 Å². The van der Waals surface area contributed by atoms with Gasteiger partial charge in [0.25, 0.3) is 6.43 Å². The monoisotopic (exact) mass is 381 g/mol. The Morgan fingerprint density at radius 3 is 2.69 bits per heavy atom. The lowest BCUT2D eigenvalue weighted by Crippen LogP contribution is -1.97. The Bertz CT molecular complexity index is 322. The molecule has 0 aliphatic rings. The minimum Gasteiger partial charge on any atom is -0.249 e. The van der Waals surface area contributed by atoms with Gasteiger partial charge < -0.3 is 0 Å². The molecule has 13 heavy (non-hydrogen) atoms. The Morgan fingerprint density at radius 2 is 2.23 bits per heavy atom. The number of hydrogen-bond acceptors (Lipinski definition) is 1. The molecule has 0 unspecified atom stereocenters. The predicted molar refractivity (Wildman–Crippen MR) is 59.6 cm³/mol. The Kier molecular flexibility index (Phi) is 4.31. The van der Waals surface area contributed by atoms with Gasteiger partial charge in [-0.05, 0) is 28.7 Å². The van der Waals surface area contributed by atoms with Crippen molar-refractivity contribution < 1.29 is 8.78 Å². The van der Waals surface area contributed by atoms with Gasteiger partial charge in [-0.1, -0.05) is 27.5 Å². The summed E-state index contributed by atoms with van der Waals surface area (Å²) < 4.78 is 25.3. The maximum absolute atomic E-state index is 12.4. The summed E-state index contributed by atoms with van der Waals surface area (Å²) in [6.07, 6.45) is -2.62. The van der Waals surface area contributed by atoms with E-state index in [1.807, 2.05) is 22.6 Å². The van der Waals surface area contributed by atoms with Gasteiger partial charge in [0.1, 0.15) is 5.69 Å². The fraction of sp³-hybridized carbons (Fsp3) is 0.286. The number of alkyl halides is 3. The van der Waals surface area contributed by atoms with Crippen molar-refractivity contribution in [2.24, 2.45) is 0 Å². The summed E-state index contributed by atoms with van der Waals surface area (Å²) in [5, 5.41) is 0.486. The highest BCUT2D eigenvalue weighted by Gasteiger charge is 2.17. The quantitative estimate of drug-likeness (QED) is 0.553. The standard InChI is InChI=1S/C7H4BrClF2IN/c8-2-3-1-4(12)5(9)6(13-3)7(10)11/h1,7H,2H2. The van der Waals surface area contributed by atoms with Crippen molar-refractivity contribution in [3.63, 3.8) is 0 Å². The highest BCUT2D eigenvalue weighted by Crippen LogP contribution is 2.29. The van der Waals surface area contributed by atoms with Crippen LogP contribution < -0.4 is 0 Å². The maximum atomic E-state index is 12.4. The maximum Gasteiger partial charge on any atom is 0.281 e. The van der Waals surface area contributed by atoms with Crippen LogP contribution in [0.3, 0.4) is 0 Å². The molecule has 0 saturated carbocycles. The Labute approximate surface area is 101 Å². The molecule has 1 rings (SSSR count). The van der Waals surface area contributed by atoms with Crippen LogP contribution in [0.1, 0.15) is 17.8 Å². The molecule has 6 heteroatoms. The largest absolute Gasteiger partial charge is 0.281 e. The molecule has 0 aliphatic carbocycles. The molecule has 0 bridgehead atoms. The second-order valence-electron chi connectivity index (χ2n) is 2.23. The molecule has 0 amide bonds. The summed E-state index contributed by atoms with van der Waals surface area (Å²) in [6.45, 7) is 0. The zero-order chi connectivity index (χ0) is 10.0. The van der Waals surface area contributed by atoms with Crippen LogP contribution >= 0.6 is 50.1 Å². The van der Waals surface area contributed by atoms with Crippen LogP contribution in [0.5, 0.6) is 0 Å². The van der Waals surface area contributed by atoms with E-state index in [4.69, 9.17) is 11.6 Å². The second-order valence-corrected chi connectivity index (χ2v) is 4.33. The molecule has 1 nitrogen and oxygen atoms in total. The molecule has 0 N–H and O–H groups in total. The third-order valence-electron chi connectivity index (χ3n) is 1.34. The fourth-order valence-corrected chi connectivity index (χ4v) is 1.88. The first-order valence-corrected chi connectivity index (χ1v) is 5.83. The first kappa shape index (κ1) is 11.6. The SMILES string of the molecule is FC(F)c1nc(CBr)cc(I)c1Cl. The molecule has 0 spiro atoms. The average molecular weight is 382 g/mol. The minimum absolute atomic E-state index is 0.0419. The van der Waals surface area contributed by atoms with Crippen LogP contribution in [0.25, 0.3) is 0 Å². The normalized spacial score (nSPS) is 10.9. The lowest BCUT2D eigenvalue weighted by molar-refractivity contribution is 0.146. The number of pyridine rings is 1. The van der Waals surface area contributed by atoms with E-state index in [0.717, 1.165) is 0 Å². The summed E-state index contributed by atoms with van der Waals surface area (Å²) in [4.78, 5) is 3.72. The van der Waals surface area contributed by atoms with E-state index in [1.54, 1.807) is 6.07 Å². The molecule has 0 fully saturated rings. The summed E-state index contributed by atoms with van der Waals surface area (Å²) >= 11 is 10.7. The van der Waals surface area contributed by atoms with Crippen molar-refractivity contribution in [3.8, 4) is 0 Å². The second kappa shape index (κ2) is 4.84. The molecule has 0 atom stereocenters. The van der Waals surface area contributed by atoms with Gasteiger partial charge in [0.15, 0.2) is 0 Å². The Hall–Kier alpha value is 0.510. The van der Waals surface area contributed by atoms with Crippen molar-refractivity contribution >= 4 is 50.1 Å². The number of halogens is 5. The average Bonchev–Trinajstić information content (AvgIpc) is 2.09. The molecule has 1 aromatic heterocycles. The van der Waals surface area contributed by atoms with E-state index in [-0.39, 0.29) is 10.7 Å². The number of nitrogens with zero attached hydrogens (tertiary/aromatic N) is 1. The predicted octanol–water partition coefficient (Wildman–Crippen LogP) is 4.17. The van der Waals surface area contributed by atoms with Gasteiger partial charge in [-0.2, -0.15) is 0 Å². The van der Waals surface area contributed by atoms with Crippen molar-refractivity contribution in [2.75, 3.05) is 0 Å². The topological polar surface area (TPSA) is 12.9 Å². The molecular weight excluding hydrogens is 378 g/mol. The van der Waals surface area contributed by atoms with Gasteiger partial charge in [-0.3, -0.25) is 0 Å². The lowest BCUT2D eigenvalue weighted by Gasteiger charge is -2.06. The van der Waals surface area contributed by atoms with Gasteiger partial charge in [0.2, 0.25) is 0 Å². The van der Waals surface area contributed by atoms with Gasteiger partial charge in [-0.25, -0.2) is 13.8 Å². The molecule has 1 heterocycles. The van der Waals surface area contributed by atoms with Crippen molar-refractivity contribution in [1.82, 2.24) is 4.98 Å². The molecular formula is C7H4BrClF2IN. The summed E-state index contributed by atoms with van der Waals surface area (Å²) in [5.74, 6) is 0. The van der Waals surface area contributed by atoms with Crippen molar-refractivity contribution in [2.45, 2.75) is 11.8 Å². The first-order valence-electron chi connectivity index (χ1n) is 3.25. The molecule has 0 aliphatic heterocycles. The lowest BCUT2D eigenvalue weighted by atomic mass is 10.3.